The summed E-state index contributed by atoms with van der Waals surface area (Å²) in [7, 11) is 0. The lowest BCUT2D eigenvalue weighted by molar-refractivity contribution is -0.137. The highest BCUT2D eigenvalue weighted by Gasteiger charge is 2.30. The van der Waals surface area contributed by atoms with E-state index in [4.69, 9.17) is 17.5 Å². The predicted octanol–water partition coefficient (Wildman–Crippen LogP) is 6.40. The van der Waals surface area contributed by atoms with Gasteiger partial charge in [0.05, 0.1) is 23.5 Å². The first kappa shape index (κ1) is 26.8. The van der Waals surface area contributed by atoms with E-state index in [2.05, 4.69) is 16.4 Å². The molecule has 38 heavy (non-hydrogen) atoms. The van der Waals surface area contributed by atoms with Crippen molar-refractivity contribution < 1.29 is 17.6 Å². The van der Waals surface area contributed by atoms with Gasteiger partial charge in [0.25, 0.3) is 0 Å². The summed E-state index contributed by atoms with van der Waals surface area (Å²) in [5.74, 6) is -0.376. The van der Waals surface area contributed by atoms with Gasteiger partial charge in [-0.3, -0.25) is 0 Å². The number of anilines is 1. The van der Waals surface area contributed by atoms with Crippen molar-refractivity contribution >= 4 is 23.0 Å². The van der Waals surface area contributed by atoms with E-state index in [-0.39, 0.29) is 12.4 Å². The van der Waals surface area contributed by atoms with Crippen molar-refractivity contribution in [3.8, 4) is 6.07 Å². The summed E-state index contributed by atoms with van der Waals surface area (Å²) in [6.45, 7) is 1.29. The third-order valence-electron chi connectivity index (χ3n) is 5.91. The van der Waals surface area contributed by atoms with Gasteiger partial charge >= 0.3 is 6.18 Å². The molecule has 1 aromatic heterocycles. The highest BCUT2D eigenvalue weighted by Crippen LogP contribution is 2.29. The number of halogens is 4. The molecule has 0 bridgehead atoms. The molecule has 0 amide bonds. The second-order valence-corrected chi connectivity index (χ2v) is 9.01. The van der Waals surface area contributed by atoms with Crippen molar-refractivity contribution in [2.45, 2.75) is 25.7 Å². The van der Waals surface area contributed by atoms with Gasteiger partial charge in [-0.2, -0.15) is 18.4 Å². The smallest absolute Gasteiger partial charge is 0.344 e. The Balaban J connectivity index is 1.49. The van der Waals surface area contributed by atoms with E-state index in [1.807, 2.05) is 21.6 Å². The van der Waals surface area contributed by atoms with Crippen LogP contribution in [0.4, 0.5) is 23.2 Å². The topological polar surface area (TPSA) is 56.9 Å². The van der Waals surface area contributed by atoms with E-state index in [1.165, 1.54) is 24.3 Å². The molecule has 0 atom stereocenters. The van der Waals surface area contributed by atoms with Crippen molar-refractivity contribution in [2.24, 2.45) is 0 Å². The molecule has 1 heterocycles. The zero-order valence-corrected chi connectivity index (χ0v) is 20.9. The monoisotopic (exact) mass is 537 g/mol. The number of nitrogens with zero attached hydrogens (tertiary/aromatic N) is 4. The average molecular weight is 538 g/mol. The summed E-state index contributed by atoms with van der Waals surface area (Å²) in [6.07, 6.45) is -0.369. The van der Waals surface area contributed by atoms with E-state index in [9.17, 15) is 17.6 Å². The molecule has 5 nitrogen and oxygen atoms in total. The number of rotatable bonds is 8. The molecule has 0 spiro atoms. The fourth-order valence-electron chi connectivity index (χ4n) is 3.84. The molecule has 0 aliphatic heterocycles. The number of thiocarbonyl (C=S) groups is 1. The second kappa shape index (κ2) is 11.9. The lowest BCUT2D eigenvalue weighted by atomic mass is 10.1. The average Bonchev–Trinajstić information content (AvgIpc) is 3.34. The Bertz CT molecular complexity index is 1410. The second-order valence-electron chi connectivity index (χ2n) is 8.62. The van der Waals surface area contributed by atoms with Crippen molar-refractivity contribution in [3.05, 3.63) is 119 Å². The standard InChI is InChI=1S/C28H23F4N5S/c29-24-9-11-25(12-10-24)35-27(38)36(17-22-5-7-23(8-6-22)28(30,31)32)14-13-26-16-34-19-37(26)18-21-3-1-20(15-33)2-4-21/h1-12,16,19H,13-14,17-18H2,(H,35,38). The van der Waals surface area contributed by atoms with Crippen LogP contribution in [0, 0.1) is 17.1 Å². The summed E-state index contributed by atoms with van der Waals surface area (Å²) in [4.78, 5) is 6.12. The Morgan fingerprint density at radius 3 is 2.26 bits per heavy atom. The van der Waals surface area contributed by atoms with Crippen molar-refractivity contribution in [1.82, 2.24) is 14.5 Å². The number of aromatic nitrogens is 2. The molecule has 0 aliphatic rings. The van der Waals surface area contributed by atoms with Crippen LogP contribution in [-0.4, -0.2) is 26.1 Å². The molecule has 3 aromatic carbocycles. The molecular formula is C28H23F4N5S. The Morgan fingerprint density at radius 2 is 1.63 bits per heavy atom. The Hall–Kier alpha value is -4.23. The van der Waals surface area contributed by atoms with Crippen LogP contribution in [-0.2, 0) is 25.7 Å². The molecule has 0 radical (unpaired) electrons. The van der Waals surface area contributed by atoms with Gasteiger partial charge in [0.1, 0.15) is 5.82 Å². The van der Waals surface area contributed by atoms with Crippen molar-refractivity contribution in [3.63, 3.8) is 0 Å². The van der Waals surface area contributed by atoms with Gasteiger partial charge in [0.2, 0.25) is 0 Å². The molecule has 0 saturated carbocycles. The first-order valence-corrected chi connectivity index (χ1v) is 12.1. The quantitative estimate of drug-likeness (QED) is 0.208. The Kier molecular flexibility index (Phi) is 8.38. The summed E-state index contributed by atoms with van der Waals surface area (Å²) < 4.78 is 54.3. The van der Waals surface area contributed by atoms with Crippen LogP contribution in [0.2, 0.25) is 0 Å². The molecule has 4 aromatic rings. The molecule has 4 rings (SSSR count). The van der Waals surface area contributed by atoms with Crippen LogP contribution in [0.1, 0.15) is 27.9 Å². The molecule has 10 heteroatoms. The fraction of sp³-hybridized carbons (Fsp3) is 0.179. The van der Waals surface area contributed by atoms with Crippen LogP contribution in [0.15, 0.2) is 85.3 Å². The molecule has 0 unspecified atom stereocenters. The van der Waals surface area contributed by atoms with E-state index in [0.29, 0.717) is 41.4 Å². The third kappa shape index (κ3) is 7.17. The van der Waals surface area contributed by atoms with E-state index < -0.39 is 11.7 Å². The normalized spacial score (nSPS) is 11.1. The lowest BCUT2D eigenvalue weighted by Crippen LogP contribution is -2.36. The lowest BCUT2D eigenvalue weighted by Gasteiger charge is -2.26. The number of nitriles is 1. The molecule has 0 aliphatic carbocycles. The van der Waals surface area contributed by atoms with E-state index >= 15 is 0 Å². The number of alkyl halides is 3. The molecule has 0 fully saturated rings. The minimum atomic E-state index is -4.41. The maximum atomic E-state index is 13.3. The van der Waals surface area contributed by atoms with Gasteiger partial charge in [-0.05, 0) is 71.9 Å². The summed E-state index contributed by atoms with van der Waals surface area (Å²) >= 11 is 5.62. The Labute approximate surface area is 223 Å². The number of imidazole rings is 1. The maximum absolute atomic E-state index is 13.3. The van der Waals surface area contributed by atoms with Crippen molar-refractivity contribution in [1.29, 1.82) is 5.26 Å². The zero-order chi connectivity index (χ0) is 27.1. The zero-order valence-electron chi connectivity index (χ0n) is 20.1. The first-order chi connectivity index (χ1) is 18.2. The fourth-order valence-corrected chi connectivity index (χ4v) is 4.11. The largest absolute Gasteiger partial charge is 0.416 e. The van der Waals surface area contributed by atoms with Gasteiger partial charge < -0.3 is 14.8 Å². The van der Waals surface area contributed by atoms with Gasteiger partial charge in [0, 0.05) is 43.6 Å². The Morgan fingerprint density at radius 1 is 0.974 bits per heavy atom. The SMILES string of the molecule is N#Cc1ccc(Cn2cncc2CCN(Cc2ccc(C(F)(F)F)cc2)C(=S)Nc2ccc(F)cc2)cc1. The van der Waals surface area contributed by atoms with Gasteiger partial charge in [-0.25, -0.2) is 9.37 Å². The molecule has 1 N–H and O–H groups in total. The minimum absolute atomic E-state index is 0.273. The van der Waals surface area contributed by atoms with E-state index in [0.717, 1.165) is 23.4 Å². The summed E-state index contributed by atoms with van der Waals surface area (Å²) in [5, 5.41) is 12.4. The van der Waals surface area contributed by atoms with Crippen LogP contribution in [0.3, 0.4) is 0 Å². The minimum Gasteiger partial charge on any atom is -0.344 e. The predicted molar refractivity (Wildman–Crippen MR) is 141 cm³/mol. The number of benzene rings is 3. The molecule has 194 valence electrons. The summed E-state index contributed by atoms with van der Waals surface area (Å²) in [5.41, 5.74) is 3.08. The number of hydrogen-bond donors (Lipinski definition) is 1. The van der Waals surface area contributed by atoms with Gasteiger partial charge in [-0.1, -0.05) is 24.3 Å². The molecule has 0 saturated heterocycles. The van der Waals surface area contributed by atoms with Crippen LogP contribution in [0.5, 0.6) is 0 Å². The first-order valence-electron chi connectivity index (χ1n) is 11.7. The number of nitrogens with one attached hydrogen (secondary N) is 1. The van der Waals surface area contributed by atoms with Crippen molar-refractivity contribution in [2.75, 3.05) is 11.9 Å². The number of hydrogen-bond acceptors (Lipinski definition) is 3. The summed E-state index contributed by atoms with van der Waals surface area (Å²) in [6, 6.07) is 20.1. The van der Waals surface area contributed by atoms with Crippen LogP contribution in [0.25, 0.3) is 0 Å². The van der Waals surface area contributed by atoms with Gasteiger partial charge in [-0.15, -0.1) is 0 Å². The van der Waals surface area contributed by atoms with Gasteiger partial charge in [0.15, 0.2) is 5.11 Å². The third-order valence-corrected chi connectivity index (χ3v) is 6.27. The highest BCUT2D eigenvalue weighted by atomic mass is 32.1. The van der Waals surface area contributed by atoms with Crippen LogP contribution < -0.4 is 5.32 Å². The van der Waals surface area contributed by atoms with Crippen LogP contribution >= 0.6 is 12.2 Å². The molecular weight excluding hydrogens is 514 g/mol. The maximum Gasteiger partial charge on any atom is 0.416 e. The van der Waals surface area contributed by atoms with E-state index in [1.54, 1.807) is 36.8 Å². The highest BCUT2D eigenvalue weighted by molar-refractivity contribution is 7.80.